The zero-order valence-corrected chi connectivity index (χ0v) is 15.3. The van der Waals surface area contributed by atoms with E-state index in [0.29, 0.717) is 0 Å². The van der Waals surface area contributed by atoms with E-state index in [9.17, 15) is 9.59 Å². The quantitative estimate of drug-likeness (QED) is 0.316. The molecule has 0 aromatic carbocycles. The second kappa shape index (κ2) is 9.86. The summed E-state index contributed by atoms with van der Waals surface area (Å²) in [5.41, 5.74) is -1.25. The third-order valence-corrected chi connectivity index (χ3v) is 4.11. The van der Waals surface area contributed by atoms with Crippen molar-refractivity contribution in [2.45, 2.75) is 92.9 Å². The van der Waals surface area contributed by atoms with Crippen LogP contribution in [0.2, 0.25) is 0 Å². The summed E-state index contributed by atoms with van der Waals surface area (Å²) in [6.07, 6.45) is 7.78. The lowest BCUT2D eigenvalue weighted by Crippen LogP contribution is -2.32. The van der Waals surface area contributed by atoms with Crippen LogP contribution in [0.3, 0.4) is 0 Å². The summed E-state index contributed by atoms with van der Waals surface area (Å²) in [5.74, 6) is -0.942. The van der Waals surface area contributed by atoms with E-state index >= 15 is 0 Å². The number of hydrogen-bond donors (Lipinski definition) is 0. The summed E-state index contributed by atoms with van der Waals surface area (Å²) in [5, 5.41) is 0. The van der Waals surface area contributed by atoms with Crippen LogP contribution in [0.5, 0.6) is 0 Å². The molecule has 0 heterocycles. The minimum atomic E-state index is -0.623. The first-order chi connectivity index (χ1) is 10.2. The lowest BCUT2D eigenvalue weighted by Gasteiger charge is -2.24. The zero-order valence-electron chi connectivity index (χ0n) is 15.3. The van der Waals surface area contributed by atoms with Gasteiger partial charge in [-0.05, 0) is 40.5 Å². The number of carbonyl (C=O) groups is 2. The highest BCUT2D eigenvalue weighted by Gasteiger charge is 2.34. The molecule has 0 N–H and O–H groups in total. The predicted molar refractivity (Wildman–Crippen MR) is 88.0 cm³/mol. The molecule has 0 aromatic rings. The van der Waals surface area contributed by atoms with Crippen molar-refractivity contribution in [3.05, 3.63) is 0 Å². The van der Waals surface area contributed by atoms with Gasteiger partial charge in [-0.3, -0.25) is 0 Å². The van der Waals surface area contributed by atoms with Gasteiger partial charge in [-0.1, -0.05) is 52.4 Å². The Morgan fingerprint density at radius 3 is 1.27 bits per heavy atom. The Hall–Kier alpha value is -1.06. The molecule has 0 radical (unpaired) electrons. The molecule has 4 nitrogen and oxygen atoms in total. The third-order valence-electron chi connectivity index (χ3n) is 4.11. The van der Waals surface area contributed by atoms with Gasteiger partial charge in [-0.15, -0.1) is 0 Å². The van der Waals surface area contributed by atoms with Crippen LogP contribution < -0.4 is 0 Å². The van der Waals surface area contributed by atoms with Crippen LogP contribution in [0.1, 0.15) is 92.9 Å². The van der Waals surface area contributed by atoms with Gasteiger partial charge in [-0.25, -0.2) is 19.4 Å². The number of hydrogen-bond acceptors (Lipinski definition) is 4. The molecule has 0 atom stereocenters. The lowest BCUT2D eigenvalue weighted by molar-refractivity contribution is -0.272. The molecule has 0 fully saturated rings. The van der Waals surface area contributed by atoms with Gasteiger partial charge in [-0.2, -0.15) is 0 Å². The van der Waals surface area contributed by atoms with E-state index in [2.05, 4.69) is 13.8 Å². The maximum absolute atomic E-state index is 12.1. The van der Waals surface area contributed by atoms with Gasteiger partial charge in [0.2, 0.25) is 0 Å². The van der Waals surface area contributed by atoms with E-state index in [1.54, 1.807) is 0 Å². The Labute approximate surface area is 135 Å². The molecule has 0 bridgehead atoms. The van der Waals surface area contributed by atoms with Crippen LogP contribution in [0, 0.1) is 10.8 Å². The molecule has 0 unspecified atom stereocenters. The third kappa shape index (κ3) is 7.81. The summed E-state index contributed by atoms with van der Waals surface area (Å²) in [7, 11) is 0. The molecule has 0 saturated carbocycles. The van der Waals surface area contributed by atoms with Gasteiger partial charge in [0.25, 0.3) is 0 Å². The molecule has 0 saturated heterocycles. The fraction of sp³-hybridized carbons (Fsp3) is 0.889. The van der Waals surface area contributed by atoms with Gasteiger partial charge in [0.15, 0.2) is 0 Å². The fourth-order valence-electron chi connectivity index (χ4n) is 2.14. The highest BCUT2D eigenvalue weighted by molar-refractivity contribution is 5.79. The summed E-state index contributed by atoms with van der Waals surface area (Å²) < 4.78 is 0. The Balaban J connectivity index is 4.29. The summed E-state index contributed by atoms with van der Waals surface area (Å²) in [6, 6.07) is 0. The second-order valence-electron chi connectivity index (χ2n) is 7.42. The van der Waals surface area contributed by atoms with Crippen LogP contribution in [0.4, 0.5) is 0 Å². The van der Waals surface area contributed by atoms with Crippen LogP contribution in [-0.4, -0.2) is 11.9 Å². The maximum Gasteiger partial charge on any atom is 0.361 e. The first kappa shape index (κ1) is 20.9. The first-order valence-electron chi connectivity index (χ1n) is 8.60. The molecule has 0 amide bonds. The topological polar surface area (TPSA) is 52.6 Å². The van der Waals surface area contributed by atoms with Crippen molar-refractivity contribution in [2.75, 3.05) is 0 Å². The fourth-order valence-corrected chi connectivity index (χ4v) is 2.14. The molecule has 0 aliphatic carbocycles. The monoisotopic (exact) mass is 314 g/mol. The van der Waals surface area contributed by atoms with Crippen molar-refractivity contribution in [3.8, 4) is 0 Å². The number of carbonyl (C=O) groups excluding carboxylic acids is 2. The van der Waals surface area contributed by atoms with E-state index in [1.165, 1.54) is 0 Å². The van der Waals surface area contributed by atoms with Crippen LogP contribution in [0.15, 0.2) is 0 Å². The highest BCUT2D eigenvalue weighted by Crippen LogP contribution is 2.28. The van der Waals surface area contributed by atoms with Gasteiger partial charge < -0.3 is 0 Å². The molecule has 0 rings (SSSR count). The van der Waals surface area contributed by atoms with Gasteiger partial charge in [0, 0.05) is 0 Å². The first-order valence-corrected chi connectivity index (χ1v) is 8.60. The standard InChI is InChI=1S/C18H34O4/c1-7-9-11-13-17(3,4)15(19)21-22-16(20)18(5,6)14-12-10-8-2/h7-14H2,1-6H3. The van der Waals surface area contributed by atoms with Crippen molar-refractivity contribution in [3.63, 3.8) is 0 Å². The van der Waals surface area contributed by atoms with Crippen molar-refractivity contribution in [1.82, 2.24) is 0 Å². The normalized spacial score (nSPS) is 12.1. The Kier molecular flexibility index (Phi) is 9.38. The van der Waals surface area contributed by atoms with E-state index in [0.717, 1.165) is 51.4 Å². The van der Waals surface area contributed by atoms with Crippen molar-refractivity contribution in [1.29, 1.82) is 0 Å². The van der Waals surface area contributed by atoms with Gasteiger partial charge in [0.1, 0.15) is 0 Å². The molecule has 0 aliphatic heterocycles. The Morgan fingerprint density at radius 2 is 1.00 bits per heavy atom. The number of rotatable bonds is 10. The largest absolute Gasteiger partial charge is 0.361 e. The van der Waals surface area contributed by atoms with Crippen LogP contribution in [-0.2, 0) is 19.4 Å². The number of unbranched alkanes of at least 4 members (excludes halogenated alkanes) is 4. The molecule has 0 spiro atoms. The van der Waals surface area contributed by atoms with E-state index in [4.69, 9.17) is 9.78 Å². The highest BCUT2D eigenvalue weighted by atomic mass is 17.2. The molecule has 0 aliphatic rings. The average molecular weight is 314 g/mol. The van der Waals surface area contributed by atoms with Crippen LogP contribution >= 0.6 is 0 Å². The summed E-state index contributed by atoms with van der Waals surface area (Å²) in [6.45, 7) is 11.5. The van der Waals surface area contributed by atoms with E-state index in [-0.39, 0.29) is 0 Å². The molecule has 0 aromatic heterocycles. The smallest absolute Gasteiger partial charge is 0.247 e. The minimum Gasteiger partial charge on any atom is -0.247 e. The molecule has 4 heteroatoms. The lowest BCUT2D eigenvalue weighted by atomic mass is 9.87. The summed E-state index contributed by atoms with van der Waals surface area (Å²) >= 11 is 0. The van der Waals surface area contributed by atoms with Crippen molar-refractivity contribution >= 4 is 11.9 Å². The van der Waals surface area contributed by atoms with Crippen LogP contribution in [0.25, 0.3) is 0 Å². The van der Waals surface area contributed by atoms with Crippen molar-refractivity contribution in [2.24, 2.45) is 10.8 Å². The van der Waals surface area contributed by atoms with E-state index in [1.807, 2.05) is 27.7 Å². The SMILES string of the molecule is CCCCCC(C)(C)C(=O)OOC(=O)C(C)(C)CCCCC. The maximum atomic E-state index is 12.1. The summed E-state index contributed by atoms with van der Waals surface area (Å²) in [4.78, 5) is 33.7. The van der Waals surface area contributed by atoms with Crippen molar-refractivity contribution < 1.29 is 19.4 Å². The Morgan fingerprint density at radius 1 is 0.682 bits per heavy atom. The molecular formula is C18H34O4. The molecular weight excluding hydrogens is 280 g/mol. The molecule has 130 valence electrons. The second-order valence-corrected chi connectivity index (χ2v) is 7.42. The minimum absolute atomic E-state index is 0.471. The molecule has 22 heavy (non-hydrogen) atoms. The Bertz CT molecular complexity index is 311. The predicted octanol–water partition coefficient (Wildman–Crippen LogP) is 5.20. The average Bonchev–Trinajstić information content (AvgIpc) is 2.44. The zero-order chi connectivity index (χ0) is 17.2. The van der Waals surface area contributed by atoms with Gasteiger partial charge in [0.05, 0.1) is 10.8 Å². The van der Waals surface area contributed by atoms with E-state index < -0.39 is 22.8 Å². The van der Waals surface area contributed by atoms with Gasteiger partial charge >= 0.3 is 11.9 Å².